The molecule has 3 N–H and O–H groups in total. The molecule has 1 aromatic rings. The van der Waals surface area contributed by atoms with Crippen molar-refractivity contribution in [3.8, 4) is 0 Å². The van der Waals surface area contributed by atoms with Gasteiger partial charge in [0.2, 0.25) is 5.96 Å². The Morgan fingerprint density at radius 3 is 2.72 bits per heavy atom. The lowest BCUT2D eigenvalue weighted by Crippen LogP contribution is -2.29. The first-order valence-electron chi connectivity index (χ1n) is 10.9. The summed E-state index contributed by atoms with van der Waals surface area (Å²) in [5, 5.41) is 13.5. The van der Waals surface area contributed by atoms with Crippen LogP contribution in [0.1, 0.15) is 74.2 Å². The van der Waals surface area contributed by atoms with Gasteiger partial charge in [0.05, 0.1) is 18.8 Å². The predicted molar refractivity (Wildman–Crippen MR) is 119 cm³/mol. The average molecular weight is 404 g/mol. The maximum Gasteiger partial charge on any atom is 0.237 e. The van der Waals surface area contributed by atoms with E-state index in [1.54, 1.807) is 7.11 Å². The molecule has 1 saturated heterocycles. The molecule has 0 bridgehead atoms. The summed E-state index contributed by atoms with van der Waals surface area (Å²) in [6.45, 7) is 10.6. The number of ether oxygens (including phenoxy) is 1. The van der Waals surface area contributed by atoms with Crippen LogP contribution in [0.5, 0.6) is 0 Å². The van der Waals surface area contributed by atoms with E-state index in [0.717, 1.165) is 38.8 Å². The number of hydrogen-bond donors (Lipinski definition) is 3. The standard InChI is InChI=1S/C22H37N5O2/c1-15(14-29-4)25-22(23-3)26-27-16(2)20(18-6-5-11-24-13-18)12-21(27)17-7-9-19(28)10-8-17/h12,15,17-19,24,28H,3,5-11,13-14H2,1-2,4H3,(H,25,26)/t15-,17?,18-,19?/m0/s1. The SMILES string of the molecule is C=NC(=N[C@@H](C)COC)Nn1c(C2CCC(O)CC2)cc([C@H]2CCCNC2)c1C. The highest BCUT2D eigenvalue weighted by atomic mass is 16.5. The van der Waals surface area contributed by atoms with Gasteiger partial charge in [-0.15, -0.1) is 0 Å². The number of aliphatic hydroxyl groups excluding tert-OH is 1. The predicted octanol–water partition coefficient (Wildman–Crippen LogP) is 2.92. The van der Waals surface area contributed by atoms with Gasteiger partial charge in [0.25, 0.3) is 0 Å². The molecule has 0 aromatic carbocycles. The lowest BCUT2D eigenvalue weighted by atomic mass is 9.84. The zero-order chi connectivity index (χ0) is 20.8. The summed E-state index contributed by atoms with van der Waals surface area (Å²) in [4.78, 5) is 8.75. The first kappa shape index (κ1) is 22.0. The number of methoxy groups -OCH3 is 1. The van der Waals surface area contributed by atoms with E-state index < -0.39 is 0 Å². The van der Waals surface area contributed by atoms with Crippen LogP contribution >= 0.6 is 0 Å². The van der Waals surface area contributed by atoms with E-state index >= 15 is 0 Å². The van der Waals surface area contributed by atoms with Crippen LogP contribution in [0.2, 0.25) is 0 Å². The molecule has 7 heteroatoms. The van der Waals surface area contributed by atoms with E-state index in [0.29, 0.717) is 24.4 Å². The molecule has 7 nitrogen and oxygen atoms in total. The Morgan fingerprint density at radius 2 is 2.10 bits per heavy atom. The molecule has 0 unspecified atom stereocenters. The third kappa shape index (κ3) is 5.47. The van der Waals surface area contributed by atoms with Crippen LogP contribution in [0.15, 0.2) is 16.1 Å². The van der Waals surface area contributed by atoms with Crippen LogP contribution in [0.3, 0.4) is 0 Å². The molecule has 2 heterocycles. The van der Waals surface area contributed by atoms with Crippen molar-refractivity contribution in [2.75, 3.05) is 32.2 Å². The largest absolute Gasteiger partial charge is 0.393 e. The maximum absolute atomic E-state index is 9.96. The first-order valence-corrected chi connectivity index (χ1v) is 10.9. The monoisotopic (exact) mass is 403 g/mol. The number of aliphatic imine (C=N–C) groups is 2. The van der Waals surface area contributed by atoms with Crippen LogP contribution in [0, 0.1) is 6.92 Å². The molecule has 3 rings (SSSR count). The number of guanidine groups is 1. The van der Waals surface area contributed by atoms with Crippen molar-refractivity contribution in [2.45, 2.75) is 76.4 Å². The van der Waals surface area contributed by atoms with Crippen molar-refractivity contribution in [2.24, 2.45) is 9.98 Å². The lowest BCUT2D eigenvalue weighted by Gasteiger charge is -2.27. The van der Waals surface area contributed by atoms with E-state index in [1.807, 2.05) is 6.92 Å². The minimum atomic E-state index is -0.160. The number of aliphatic hydroxyl groups is 1. The first-order chi connectivity index (χ1) is 14.0. The summed E-state index contributed by atoms with van der Waals surface area (Å²) < 4.78 is 7.37. The van der Waals surface area contributed by atoms with Crippen molar-refractivity contribution >= 4 is 12.7 Å². The fraction of sp³-hybridized carbons (Fsp3) is 0.727. The number of piperidine rings is 1. The summed E-state index contributed by atoms with van der Waals surface area (Å²) in [7, 11) is 1.68. The molecule has 1 aliphatic heterocycles. The van der Waals surface area contributed by atoms with Gasteiger partial charge in [0.15, 0.2) is 0 Å². The second kappa shape index (κ2) is 10.4. The Bertz CT molecular complexity index is 700. The minimum absolute atomic E-state index is 0.000777. The normalized spacial score (nSPS) is 26.9. The zero-order valence-electron chi connectivity index (χ0n) is 18.2. The van der Waals surface area contributed by atoms with Crippen molar-refractivity contribution in [1.82, 2.24) is 9.99 Å². The molecule has 1 saturated carbocycles. The van der Waals surface area contributed by atoms with Gasteiger partial charge in [-0.05, 0) is 83.2 Å². The van der Waals surface area contributed by atoms with E-state index in [9.17, 15) is 5.11 Å². The smallest absolute Gasteiger partial charge is 0.237 e. The van der Waals surface area contributed by atoms with Crippen LogP contribution in [-0.2, 0) is 4.74 Å². The van der Waals surface area contributed by atoms with Gasteiger partial charge in [-0.3, -0.25) is 10.1 Å². The molecule has 0 spiro atoms. The number of rotatable bonds is 6. The van der Waals surface area contributed by atoms with Gasteiger partial charge in [0.1, 0.15) is 0 Å². The van der Waals surface area contributed by atoms with Crippen LogP contribution in [0.25, 0.3) is 0 Å². The highest BCUT2D eigenvalue weighted by Gasteiger charge is 2.28. The summed E-state index contributed by atoms with van der Waals surface area (Å²) >= 11 is 0. The summed E-state index contributed by atoms with van der Waals surface area (Å²) in [6.07, 6.45) is 6.00. The van der Waals surface area contributed by atoms with Crippen molar-refractivity contribution < 1.29 is 9.84 Å². The highest BCUT2D eigenvalue weighted by molar-refractivity contribution is 5.91. The number of nitrogens with one attached hydrogen (secondary N) is 2. The average Bonchev–Trinajstić information content (AvgIpc) is 3.05. The second-order valence-electron chi connectivity index (χ2n) is 8.52. The third-order valence-corrected chi connectivity index (χ3v) is 6.28. The van der Waals surface area contributed by atoms with Crippen molar-refractivity contribution in [3.63, 3.8) is 0 Å². The van der Waals surface area contributed by atoms with E-state index in [4.69, 9.17) is 4.74 Å². The molecule has 162 valence electrons. The van der Waals surface area contributed by atoms with Crippen LogP contribution < -0.4 is 10.7 Å². The third-order valence-electron chi connectivity index (χ3n) is 6.28. The molecule has 29 heavy (non-hydrogen) atoms. The Balaban J connectivity index is 1.91. The molecule has 0 amide bonds. The molecule has 1 aromatic heterocycles. The van der Waals surface area contributed by atoms with E-state index in [1.165, 1.54) is 29.8 Å². The van der Waals surface area contributed by atoms with Crippen molar-refractivity contribution in [3.05, 3.63) is 23.0 Å². The number of aromatic nitrogens is 1. The molecule has 2 aliphatic rings. The topological polar surface area (TPSA) is 83.2 Å². The zero-order valence-corrected chi connectivity index (χ0v) is 18.2. The Morgan fingerprint density at radius 1 is 1.34 bits per heavy atom. The lowest BCUT2D eigenvalue weighted by molar-refractivity contribution is 0.121. The molecular formula is C22H37N5O2. The number of nitrogens with zero attached hydrogens (tertiary/aromatic N) is 3. The van der Waals surface area contributed by atoms with Crippen LogP contribution in [-0.4, -0.2) is 61.4 Å². The van der Waals surface area contributed by atoms with Gasteiger partial charge < -0.3 is 15.2 Å². The van der Waals surface area contributed by atoms with Gasteiger partial charge in [0, 0.05) is 31.0 Å². The Labute approximate surface area is 174 Å². The summed E-state index contributed by atoms with van der Waals surface area (Å²) in [5.41, 5.74) is 7.31. The minimum Gasteiger partial charge on any atom is -0.393 e. The van der Waals surface area contributed by atoms with Gasteiger partial charge in [-0.1, -0.05) is 0 Å². The second-order valence-corrected chi connectivity index (χ2v) is 8.52. The Kier molecular flexibility index (Phi) is 7.86. The fourth-order valence-corrected chi connectivity index (χ4v) is 4.69. The quantitative estimate of drug-likeness (QED) is 0.504. The molecular weight excluding hydrogens is 366 g/mol. The van der Waals surface area contributed by atoms with Crippen LogP contribution in [0.4, 0.5) is 0 Å². The maximum atomic E-state index is 9.96. The molecule has 2 atom stereocenters. The van der Waals surface area contributed by atoms with Gasteiger partial charge in [-0.25, -0.2) is 9.98 Å². The summed E-state index contributed by atoms with van der Waals surface area (Å²) in [5.74, 6) is 1.47. The van der Waals surface area contributed by atoms with E-state index in [2.05, 4.69) is 45.1 Å². The van der Waals surface area contributed by atoms with Gasteiger partial charge in [-0.2, -0.15) is 0 Å². The fourth-order valence-electron chi connectivity index (χ4n) is 4.69. The highest BCUT2D eigenvalue weighted by Crippen LogP contribution is 2.37. The van der Waals surface area contributed by atoms with Crippen molar-refractivity contribution in [1.29, 1.82) is 0 Å². The number of hydrogen-bond acceptors (Lipinski definition) is 4. The van der Waals surface area contributed by atoms with Gasteiger partial charge >= 0.3 is 0 Å². The molecule has 0 radical (unpaired) electrons. The molecule has 1 aliphatic carbocycles. The van der Waals surface area contributed by atoms with E-state index in [-0.39, 0.29) is 12.1 Å². The Hall–Kier alpha value is -1.70. The summed E-state index contributed by atoms with van der Waals surface area (Å²) in [6, 6.07) is 2.38. The molecule has 2 fully saturated rings.